The molecular weight excluding hydrogens is 386 g/mol. The van der Waals surface area contributed by atoms with Crippen LogP contribution >= 0.6 is 0 Å². The van der Waals surface area contributed by atoms with E-state index in [9.17, 15) is 22.4 Å². The first-order valence-electron chi connectivity index (χ1n) is 9.07. The molecule has 0 saturated carbocycles. The largest absolute Gasteiger partial charge is 0.306 e. The predicted molar refractivity (Wildman–Crippen MR) is 99.1 cm³/mol. The van der Waals surface area contributed by atoms with Crippen molar-refractivity contribution in [2.75, 3.05) is 6.54 Å². The van der Waals surface area contributed by atoms with E-state index in [-0.39, 0.29) is 24.7 Å². The van der Waals surface area contributed by atoms with Gasteiger partial charge < -0.3 is 4.98 Å². The number of rotatable bonds is 3. The molecule has 0 saturated heterocycles. The topological polar surface area (TPSA) is 49.0 Å². The van der Waals surface area contributed by atoms with Crippen molar-refractivity contribution in [1.82, 2.24) is 14.9 Å². The fourth-order valence-corrected chi connectivity index (χ4v) is 3.46. The van der Waals surface area contributed by atoms with Crippen molar-refractivity contribution in [3.63, 3.8) is 0 Å². The third-order valence-corrected chi connectivity index (χ3v) is 5.06. The highest BCUT2D eigenvalue weighted by Crippen LogP contribution is 2.24. The molecule has 150 valence electrons. The van der Waals surface area contributed by atoms with Crippen LogP contribution in [0.3, 0.4) is 0 Å². The van der Waals surface area contributed by atoms with Crippen LogP contribution in [0, 0.1) is 30.2 Å². The van der Waals surface area contributed by atoms with Crippen molar-refractivity contribution < 1.29 is 17.6 Å². The molecule has 2 aromatic carbocycles. The Kier molecular flexibility index (Phi) is 4.96. The third-order valence-electron chi connectivity index (χ3n) is 5.06. The quantitative estimate of drug-likeness (QED) is 0.534. The lowest BCUT2D eigenvalue weighted by molar-refractivity contribution is 0.231. The monoisotopic (exact) mass is 403 g/mol. The maximum absolute atomic E-state index is 14.0. The number of nitrogens with one attached hydrogen (secondary N) is 1. The van der Waals surface area contributed by atoms with Crippen LogP contribution in [-0.4, -0.2) is 21.4 Å². The molecule has 1 aromatic heterocycles. The van der Waals surface area contributed by atoms with E-state index in [1.54, 1.807) is 4.90 Å². The normalized spacial score (nSPS) is 14.1. The fraction of sp³-hybridized carbons (Fsp3) is 0.238. The van der Waals surface area contributed by atoms with E-state index < -0.39 is 28.8 Å². The Morgan fingerprint density at radius 1 is 1.07 bits per heavy atom. The number of aromatic amines is 1. The minimum absolute atomic E-state index is 0.134. The first kappa shape index (κ1) is 19.3. The summed E-state index contributed by atoms with van der Waals surface area (Å²) < 4.78 is 54.9. The summed E-state index contributed by atoms with van der Waals surface area (Å²) in [6.07, 6.45) is 0.312. The van der Waals surface area contributed by atoms with Crippen LogP contribution in [0.15, 0.2) is 35.1 Å². The molecule has 29 heavy (non-hydrogen) atoms. The van der Waals surface area contributed by atoms with Gasteiger partial charge in [-0.1, -0.05) is 29.8 Å². The predicted octanol–water partition coefficient (Wildman–Crippen LogP) is 3.86. The van der Waals surface area contributed by atoms with Gasteiger partial charge >= 0.3 is 0 Å². The molecule has 1 aliphatic rings. The van der Waals surface area contributed by atoms with E-state index in [0.29, 0.717) is 30.0 Å². The second kappa shape index (κ2) is 7.44. The van der Waals surface area contributed by atoms with Gasteiger partial charge in [-0.3, -0.25) is 9.69 Å². The van der Waals surface area contributed by atoms with Crippen LogP contribution in [-0.2, 0) is 19.5 Å². The summed E-state index contributed by atoms with van der Waals surface area (Å²) in [6.45, 7) is 2.05. The molecule has 0 radical (unpaired) electrons. The van der Waals surface area contributed by atoms with Gasteiger partial charge in [-0.05, 0) is 13.3 Å². The first-order chi connectivity index (χ1) is 13.8. The van der Waals surface area contributed by atoms with Gasteiger partial charge in [0.05, 0.1) is 5.69 Å². The Balaban J connectivity index is 1.65. The zero-order valence-corrected chi connectivity index (χ0v) is 15.5. The van der Waals surface area contributed by atoms with Gasteiger partial charge in [0, 0.05) is 42.4 Å². The zero-order valence-electron chi connectivity index (χ0n) is 15.5. The SMILES string of the molecule is Cc1ccc(-c2nc3c(c(=O)[nH]2)CCN(Cc2c(F)c(F)cc(F)c2F)C3)cc1. The number of aryl methyl sites for hydroxylation is 1. The number of H-pyrrole nitrogens is 1. The first-order valence-corrected chi connectivity index (χ1v) is 9.07. The van der Waals surface area contributed by atoms with Gasteiger partial charge in [0.1, 0.15) is 5.82 Å². The van der Waals surface area contributed by atoms with Crippen LogP contribution in [0.4, 0.5) is 17.6 Å². The van der Waals surface area contributed by atoms with E-state index in [1.807, 2.05) is 31.2 Å². The Bertz CT molecular complexity index is 1120. The molecule has 4 nitrogen and oxygen atoms in total. The molecule has 8 heteroatoms. The van der Waals surface area contributed by atoms with Gasteiger partial charge in [-0.2, -0.15) is 0 Å². The maximum atomic E-state index is 14.0. The number of nitrogens with zero attached hydrogens (tertiary/aromatic N) is 2. The van der Waals surface area contributed by atoms with Crippen LogP contribution in [0.5, 0.6) is 0 Å². The zero-order chi connectivity index (χ0) is 20.7. The Morgan fingerprint density at radius 3 is 2.38 bits per heavy atom. The van der Waals surface area contributed by atoms with E-state index >= 15 is 0 Å². The summed E-state index contributed by atoms with van der Waals surface area (Å²) in [5.41, 5.74) is 1.84. The fourth-order valence-electron chi connectivity index (χ4n) is 3.46. The van der Waals surface area contributed by atoms with Crippen molar-refractivity contribution in [3.05, 3.63) is 86.3 Å². The molecule has 0 atom stereocenters. The molecule has 0 unspecified atom stereocenters. The molecule has 1 aliphatic heterocycles. The second-order valence-electron chi connectivity index (χ2n) is 7.11. The minimum Gasteiger partial charge on any atom is -0.306 e. The summed E-state index contributed by atoms with van der Waals surface area (Å²) in [5.74, 6) is -5.30. The van der Waals surface area contributed by atoms with Gasteiger partial charge in [0.2, 0.25) is 0 Å². The molecule has 4 rings (SSSR count). The molecular formula is C21H17F4N3O. The molecule has 0 spiro atoms. The Labute approximate surface area is 163 Å². The molecule has 1 N–H and O–H groups in total. The van der Waals surface area contributed by atoms with Crippen molar-refractivity contribution >= 4 is 0 Å². The Hall–Kier alpha value is -3.00. The second-order valence-corrected chi connectivity index (χ2v) is 7.11. The third kappa shape index (κ3) is 3.67. The number of halogens is 4. The van der Waals surface area contributed by atoms with E-state index in [1.165, 1.54) is 0 Å². The molecule has 3 aromatic rings. The lowest BCUT2D eigenvalue weighted by Crippen LogP contribution is -2.35. The molecule has 2 heterocycles. The summed E-state index contributed by atoms with van der Waals surface area (Å²) in [7, 11) is 0. The molecule has 0 fully saturated rings. The van der Waals surface area contributed by atoms with Crippen molar-refractivity contribution in [2.24, 2.45) is 0 Å². The lowest BCUT2D eigenvalue weighted by atomic mass is 10.0. The van der Waals surface area contributed by atoms with E-state index in [4.69, 9.17) is 0 Å². The van der Waals surface area contributed by atoms with E-state index in [0.717, 1.165) is 11.1 Å². The van der Waals surface area contributed by atoms with Crippen molar-refractivity contribution in [1.29, 1.82) is 0 Å². The van der Waals surface area contributed by atoms with Gasteiger partial charge in [-0.25, -0.2) is 22.5 Å². The van der Waals surface area contributed by atoms with E-state index in [2.05, 4.69) is 9.97 Å². The minimum atomic E-state index is -1.44. The summed E-state index contributed by atoms with van der Waals surface area (Å²) in [6, 6.07) is 7.65. The summed E-state index contributed by atoms with van der Waals surface area (Å²) in [4.78, 5) is 21.3. The molecule has 0 bridgehead atoms. The van der Waals surface area contributed by atoms with Crippen LogP contribution in [0.25, 0.3) is 11.4 Å². The van der Waals surface area contributed by atoms with Crippen LogP contribution < -0.4 is 5.56 Å². The lowest BCUT2D eigenvalue weighted by Gasteiger charge is -2.28. The highest BCUT2D eigenvalue weighted by atomic mass is 19.2. The van der Waals surface area contributed by atoms with Gasteiger partial charge in [0.25, 0.3) is 5.56 Å². The highest BCUT2D eigenvalue weighted by Gasteiger charge is 2.25. The molecule has 0 amide bonds. The average Bonchev–Trinajstić information content (AvgIpc) is 2.70. The molecule has 0 aliphatic carbocycles. The van der Waals surface area contributed by atoms with Gasteiger partial charge in [-0.15, -0.1) is 0 Å². The van der Waals surface area contributed by atoms with Crippen LogP contribution in [0.2, 0.25) is 0 Å². The number of aromatic nitrogens is 2. The number of fused-ring (bicyclic) bond motifs is 1. The van der Waals surface area contributed by atoms with Crippen molar-refractivity contribution in [2.45, 2.75) is 26.4 Å². The smallest absolute Gasteiger partial charge is 0.254 e. The summed E-state index contributed by atoms with van der Waals surface area (Å²) in [5, 5.41) is 0. The standard InChI is InChI=1S/C21H17F4N3O/c1-11-2-4-12(5-3-11)20-26-17-10-28(7-6-13(17)21(29)27-20)9-14-18(24)15(22)8-16(23)19(14)25/h2-5,8H,6-7,9-10H2,1H3,(H,26,27,29). The number of hydrogen-bond acceptors (Lipinski definition) is 3. The maximum Gasteiger partial charge on any atom is 0.254 e. The number of hydrogen-bond donors (Lipinski definition) is 1. The van der Waals surface area contributed by atoms with Crippen LogP contribution in [0.1, 0.15) is 22.4 Å². The summed E-state index contributed by atoms with van der Waals surface area (Å²) >= 11 is 0. The van der Waals surface area contributed by atoms with Crippen molar-refractivity contribution in [3.8, 4) is 11.4 Å². The van der Waals surface area contributed by atoms with Gasteiger partial charge in [0.15, 0.2) is 23.3 Å². The highest BCUT2D eigenvalue weighted by molar-refractivity contribution is 5.55. The Morgan fingerprint density at radius 2 is 1.72 bits per heavy atom. The number of benzene rings is 2. The average molecular weight is 403 g/mol.